The van der Waals surface area contributed by atoms with Crippen LogP contribution in [-0.2, 0) is 0 Å². The fourth-order valence-electron chi connectivity index (χ4n) is 3.65. The van der Waals surface area contributed by atoms with Crippen LogP contribution < -0.4 is 4.90 Å². The maximum Gasteiger partial charge on any atom is 0.258 e. The first-order chi connectivity index (χ1) is 12.2. The molecule has 1 aliphatic rings. The topological polar surface area (TPSA) is 20.3 Å². The molecule has 1 atom stereocenters. The summed E-state index contributed by atoms with van der Waals surface area (Å²) in [5.74, 6) is -0.335. The molecule has 0 fully saturated rings. The molecule has 3 aromatic carbocycles. The molecule has 0 bridgehead atoms. The van der Waals surface area contributed by atoms with Gasteiger partial charge in [-0.05, 0) is 47.9 Å². The van der Waals surface area contributed by atoms with Gasteiger partial charge in [0.1, 0.15) is 5.82 Å². The van der Waals surface area contributed by atoms with E-state index in [0.717, 1.165) is 22.4 Å². The molecule has 3 aromatic rings. The Morgan fingerprint density at radius 1 is 0.960 bits per heavy atom. The summed E-state index contributed by atoms with van der Waals surface area (Å²) in [7, 11) is 0. The molecule has 0 N–H and O–H groups in total. The number of rotatable bonds is 2. The second-order valence-electron chi connectivity index (χ2n) is 6.21. The summed E-state index contributed by atoms with van der Waals surface area (Å²) in [4.78, 5) is 15.1. The highest BCUT2D eigenvalue weighted by Crippen LogP contribution is 2.46. The first-order valence-electron chi connectivity index (χ1n) is 8.48. The Labute approximate surface area is 146 Å². The van der Waals surface area contributed by atoms with Crippen LogP contribution in [0.15, 0.2) is 72.8 Å². The van der Waals surface area contributed by atoms with Crippen molar-refractivity contribution in [2.24, 2.45) is 0 Å². The molecule has 0 saturated heterocycles. The quantitative estimate of drug-likeness (QED) is 0.598. The van der Waals surface area contributed by atoms with Crippen molar-refractivity contribution in [3.05, 3.63) is 89.7 Å². The highest BCUT2D eigenvalue weighted by atomic mass is 19.1. The molecule has 4 rings (SSSR count). The Morgan fingerprint density at radius 2 is 1.68 bits per heavy atom. The minimum Gasteiger partial charge on any atom is -0.300 e. The van der Waals surface area contributed by atoms with E-state index in [1.807, 2.05) is 72.5 Å². The van der Waals surface area contributed by atoms with Crippen molar-refractivity contribution < 1.29 is 9.18 Å². The maximum atomic E-state index is 13.9. The van der Waals surface area contributed by atoms with Gasteiger partial charge in [0.25, 0.3) is 5.91 Å². The van der Waals surface area contributed by atoms with Crippen molar-refractivity contribution in [3.8, 4) is 11.1 Å². The molecule has 1 heterocycles. The zero-order chi connectivity index (χ0) is 17.4. The summed E-state index contributed by atoms with van der Waals surface area (Å²) < 4.78 is 13.9. The monoisotopic (exact) mass is 331 g/mol. The van der Waals surface area contributed by atoms with Gasteiger partial charge in [-0.25, -0.2) is 4.39 Å². The standard InChI is InChI=1S/C22H18FNO/c1-2-20-19-14-16(23)12-13-17(19)18-10-6-7-11-21(18)24(20)22(25)15-8-4-3-5-9-15/h3-14,20H,2H2,1H3/t20-/m1/s1. The summed E-state index contributed by atoms with van der Waals surface area (Å²) in [6.07, 6.45) is 0.712. The minimum absolute atomic E-state index is 0.0604. The maximum absolute atomic E-state index is 13.9. The smallest absolute Gasteiger partial charge is 0.258 e. The van der Waals surface area contributed by atoms with E-state index >= 15 is 0 Å². The van der Waals surface area contributed by atoms with Gasteiger partial charge in [-0.2, -0.15) is 0 Å². The second-order valence-corrected chi connectivity index (χ2v) is 6.21. The van der Waals surface area contributed by atoms with E-state index in [4.69, 9.17) is 0 Å². The zero-order valence-corrected chi connectivity index (χ0v) is 13.9. The molecule has 3 heteroatoms. The third-order valence-electron chi connectivity index (χ3n) is 4.76. The summed E-state index contributed by atoms with van der Waals surface area (Å²) in [6.45, 7) is 2.03. The number of hydrogen-bond donors (Lipinski definition) is 0. The predicted molar refractivity (Wildman–Crippen MR) is 98.1 cm³/mol. The Morgan fingerprint density at radius 3 is 2.44 bits per heavy atom. The van der Waals surface area contributed by atoms with E-state index < -0.39 is 0 Å². The Balaban J connectivity index is 1.93. The SMILES string of the molecule is CC[C@@H]1c2cc(F)ccc2-c2ccccc2N1C(=O)c1ccccc1. The van der Waals surface area contributed by atoms with Gasteiger partial charge >= 0.3 is 0 Å². The molecule has 0 radical (unpaired) electrons. The summed E-state index contributed by atoms with van der Waals surface area (Å²) in [6, 6.07) is 21.8. The van der Waals surface area contributed by atoms with Crippen molar-refractivity contribution in [1.82, 2.24) is 0 Å². The first kappa shape index (κ1) is 15.6. The number of carbonyl (C=O) groups excluding carboxylic acids is 1. The Hall–Kier alpha value is -2.94. The molecule has 0 aromatic heterocycles. The molecule has 25 heavy (non-hydrogen) atoms. The second kappa shape index (κ2) is 6.17. The van der Waals surface area contributed by atoms with E-state index in [1.54, 1.807) is 6.07 Å². The lowest BCUT2D eigenvalue weighted by molar-refractivity contribution is 0.0975. The van der Waals surface area contributed by atoms with Crippen LogP contribution in [0.1, 0.15) is 35.3 Å². The predicted octanol–water partition coefficient (Wildman–Crippen LogP) is 5.60. The van der Waals surface area contributed by atoms with Crippen LogP contribution in [0, 0.1) is 5.82 Å². The molecule has 0 unspecified atom stereocenters. The van der Waals surface area contributed by atoms with Crippen molar-refractivity contribution >= 4 is 11.6 Å². The van der Waals surface area contributed by atoms with Gasteiger partial charge in [0, 0.05) is 11.1 Å². The number of hydrogen-bond acceptors (Lipinski definition) is 1. The van der Waals surface area contributed by atoms with E-state index in [0.29, 0.717) is 12.0 Å². The average molecular weight is 331 g/mol. The molecule has 2 nitrogen and oxygen atoms in total. The number of fused-ring (bicyclic) bond motifs is 3. The third-order valence-corrected chi connectivity index (χ3v) is 4.76. The van der Waals surface area contributed by atoms with E-state index in [9.17, 15) is 9.18 Å². The van der Waals surface area contributed by atoms with Crippen LogP contribution in [0.25, 0.3) is 11.1 Å². The molecular formula is C22H18FNO. The van der Waals surface area contributed by atoms with Gasteiger partial charge in [-0.3, -0.25) is 4.79 Å². The van der Waals surface area contributed by atoms with Gasteiger partial charge in [-0.15, -0.1) is 0 Å². The van der Waals surface area contributed by atoms with E-state index in [2.05, 4.69) is 0 Å². The molecule has 1 amide bonds. The lowest BCUT2D eigenvalue weighted by atomic mass is 9.86. The van der Waals surface area contributed by atoms with Crippen molar-refractivity contribution in [1.29, 1.82) is 0 Å². The number of halogens is 1. The number of nitrogens with zero attached hydrogens (tertiary/aromatic N) is 1. The molecule has 124 valence electrons. The van der Waals surface area contributed by atoms with E-state index in [1.165, 1.54) is 6.07 Å². The Bertz CT molecular complexity index is 936. The fraction of sp³-hybridized carbons (Fsp3) is 0.136. The normalized spacial score (nSPS) is 15.4. The number of benzene rings is 3. The highest BCUT2D eigenvalue weighted by Gasteiger charge is 2.34. The van der Waals surface area contributed by atoms with Gasteiger partial charge in [0.15, 0.2) is 0 Å². The van der Waals surface area contributed by atoms with E-state index in [-0.39, 0.29) is 17.8 Å². The summed E-state index contributed by atoms with van der Waals surface area (Å²) in [5, 5.41) is 0. The molecule has 1 aliphatic heterocycles. The van der Waals surface area contributed by atoms with Crippen LogP contribution >= 0.6 is 0 Å². The molecule has 0 spiro atoms. The van der Waals surface area contributed by atoms with Crippen LogP contribution in [0.3, 0.4) is 0 Å². The van der Waals surface area contributed by atoms with Gasteiger partial charge in [-0.1, -0.05) is 49.4 Å². The lowest BCUT2D eigenvalue weighted by Gasteiger charge is -2.38. The van der Waals surface area contributed by atoms with Gasteiger partial charge < -0.3 is 4.90 Å². The average Bonchev–Trinajstić information content (AvgIpc) is 2.66. The lowest BCUT2D eigenvalue weighted by Crippen LogP contribution is -2.37. The van der Waals surface area contributed by atoms with Crippen LogP contribution in [0.5, 0.6) is 0 Å². The first-order valence-corrected chi connectivity index (χ1v) is 8.48. The minimum atomic E-state index is -0.274. The van der Waals surface area contributed by atoms with Crippen LogP contribution in [-0.4, -0.2) is 5.91 Å². The van der Waals surface area contributed by atoms with Crippen molar-refractivity contribution in [2.45, 2.75) is 19.4 Å². The number of carbonyl (C=O) groups is 1. The van der Waals surface area contributed by atoms with Crippen molar-refractivity contribution in [2.75, 3.05) is 4.90 Å². The fourth-order valence-corrected chi connectivity index (χ4v) is 3.65. The summed E-state index contributed by atoms with van der Waals surface area (Å²) >= 11 is 0. The van der Waals surface area contributed by atoms with Gasteiger partial charge in [0.2, 0.25) is 0 Å². The highest BCUT2D eigenvalue weighted by molar-refractivity contribution is 6.10. The molecule has 0 aliphatic carbocycles. The Kier molecular flexibility index (Phi) is 3.85. The molecule has 0 saturated carbocycles. The summed E-state index contributed by atoms with van der Waals surface area (Å²) in [5.41, 5.74) is 4.34. The van der Waals surface area contributed by atoms with Gasteiger partial charge in [0.05, 0.1) is 11.7 Å². The molecular weight excluding hydrogens is 313 g/mol. The number of anilines is 1. The number of para-hydroxylation sites is 1. The zero-order valence-electron chi connectivity index (χ0n) is 13.9. The van der Waals surface area contributed by atoms with Crippen LogP contribution in [0.2, 0.25) is 0 Å². The van der Waals surface area contributed by atoms with Crippen molar-refractivity contribution in [3.63, 3.8) is 0 Å². The van der Waals surface area contributed by atoms with Crippen LogP contribution in [0.4, 0.5) is 10.1 Å². The third kappa shape index (κ3) is 2.52. The number of amides is 1. The largest absolute Gasteiger partial charge is 0.300 e.